The molecule has 0 unspecified atom stereocenters. The van der Waals surface area contributed by atoms with E-state index in [0.29, 0.717) is 12.3 Å². The summed E-state index contributed by atoms with van der Waals surface area (Å²) in [5, 5.41) is 10.9. The zero-order chi connectivity index (χ0) is 15.3. The number of benzene rings is 1. The van der Waals surface area contributed by atoms with Gasteiger partial charge in [-0.1, -0.05) is 6.07 Å². The number of anilines is 1. The Bertz CT molecular complexity index is 500. The van der Waals surface area contributed by atoms with Crippen molar-refractivity contribution in [1.82, 2.24) is 0 Å². The number of non-ortho nitro benzene ring substituents is 1. The van der Waals surface area contributed by atoms with Gasteiger partial charge in [0.25, 0.3) is 5.69 Å². The van der Waals surface area contributed by atoms with Crippen LogP contribution >= 0.6 is 0 Å². The van der Waals surface area contributed by atoms with Crippen LogP contribution in [0.25, 0.3) is 0 Å². The molecule has 0 spiro atoms. The highest BCUT2D eigenvalue weighted by Gasteiger charge is 2.19. The Morgan fingerprint density at radius 3 is 2.60 bits per heavy atom. The van der Waals surface area contributed by atoms with Crippen LogP contribution in [-0.2, 0) is 9.53 Å². The maximum Gasteiger partial charge on any atom is 0.325 e. The molecule has 1 aromatic rings. The number of nitrogens with zero attached hydrogens (tertiary/aromatic N) is 2. The molecule has 0 saturated carbocycles. The lowest BCUT2D eigenvalue weighted by molar-refractivity contribution is -0.384. The summed E-state index contributed by atoms with van der Waals surface area (Å²) in [6.45, 7) is 7.86. The van der Waals surface area contributed by atoms with Crippen LogP contribution in [-0.4, -0.2) is 30.1 Å². The minimum Gasteiger partial charge on any atom is -0.465 e. The van der Waals surface area contributed by atoms with Crippen molar-refractivity contribution in [1.29, 1.82) is 0 Å². The van der Waals surface area contributed by atoms with E-state index < -0.39 is 4.92 Å². The summed E-state index contributed by atoms with van der Waals surface area (Å²) in [4.78, 5) is 23.9. The van der Waals surface area contributed by atoms with E-state index in [1.165, 1.54) is 12.1 Å². The van der Waals surface area contributed by atoms with Crippen LogP contribution in [0.4, 0.5) is 11.4 Å². The molecule has 0 heterocycles. The first-order chi connectivity index (χ1) is 9.36. The number of carbonyl (C=O) groups is 1. The predicted molar refractivity (Wildman–Crippen MR) is 76.9 cm³/mol. The van der Waals surface area contributed by atoms with Gasteiger partial charge >= 0.3 is 5.97 Å². The fourth-order valence-electron chi connectivity index (χ4n) is 1.91. The molecule has 0 fully saturated rings. The third kappa shape index (κ3) is 3.94. The minimum absolute atomic E-state index is 0.0140. The maximum atomic E-state index is 11.7. The highest BCUT2D eigenvalue weighted by Crippen LogP contribution is 2.27. The van der Waals surface area contributed by atoms with Crippen molar-refractivity contribution >= 4 is 17.3 Å². The lowest BCUT2D eigenvalue weighted by atomic mass is 10.1. The molecule has 0 radical (unpaired) electrons. The molecule has 0 aliphatic heterocycles. The van der Waals surface area contributed by atoms with Gasteiger partial charge in [0.05, 0.1) is 11.5 Å². The van der Waals surface area contributed by atoms with Crippen LogP contribution in [0.2, 0.25) is 0 Å². The summed E-state index contributed by atoms with van der Waals surface area (Å²) in [5.74, 6) is -0.341. The van der Waals surface area contributed by atoms with Crippen molar-refractivity contribution in [2.45, 2.75) is 33.7 Å². The Morgan fingerprint density at radius 1 is 1.45 bits per heavy atom. The molecule has 0 N–H and O–H groups in total. The zero-order valence-corrected chi connectivity index (χ0v) is 12.3. The molecule has 20 heavy (non-hydrogen) atoms. The van der Waals surface area contributed by atoms with Gasteiger partial charge in [0.1, 0.15) is 6.54 Å². The molecule has 110 valence electrons. The molecule has 0 amide bonds. The quantitative estimate of drug-likeness (QED) is 0.455. The van der Waals surface area contributed by atoms with Gasteiger partial charge in [-0.3, -0.25) is 14.9 Å². The molecule has 0 aliphatic carbocycles. The Labute approximate surface area is 118 Å². The second-order valence-electron chi connectivity index (χ2n) is 4.75. The molecular weight excluding hydrogens is 260 g/mol. The number of esters is 1. The van der Waals surface area contributed by atoms with E-state index in [1.54, 1.807) is 17.9 Å². The van der Waals surface area contributed by atoms with Crippen molar-refractivity contribution in [3.8, 4) is 0 Å². The summed E-state index contributed by atoms with van der Waals surface area (Å²) in [6.07, 6.45) is 0. The predicted octanol–water partition coefficient (Wildman–Crippen LogP) is 2.68. The smallest absolute Gasteiger partial charge is 0.325 e. The first-order valence-corrected chi connectivity index (χ1v) is 6.54. The number of aryl methyl sites for hydroxylation is 1. The largest absolute Gasteiger partial charge is 0.465 e. The van der Waals surface area contributed by atoms with Crippen LogP contribution in [0, 0.1) is 17.0 Å². The van der Waals surface area contributed by atoms with E-state index in [4.69, 9.17) is 4.74 Å². The van der Waals surface area contributed by atoms with E-state index in [9.17, 15) is 14.9 Å². The SMILES string of the molecule is CCOC(=O)CN(c1cc([N+](=O)[O-])ccc1C)C(C)C. The second-order valence-corrected chi connectivity index (χ2v) is 4.75. The highest BCUT2D eigenvalue weighted by atomic mass is 16.6. The molecule has 0 saturated heterocycles. The Hall–Kier alpha value is -2.11. The van der Waals surface area contributed by atoms with Gasteiger partial charge in [-0.05, 0) is 33.3 Å². The molecule has 0 bridgehead atoms. The van der Waals surface area contributed by atoms with Crippen molar-refractivity contribution < 1.29 is 14.5 Å². The van der Waals surface area contributed by atoms with Gasteiger partial charge in [0, 0.05) is 23.9 Å². The summed E-state index contributed by atoms with van der Waals surface area (Å²) in [5.41, 5.74) is 1.58. The van der Waals surface area contributed by atoms with Gasteiger partial charge in [0.2, 0.25) is 0 Å². The van der Waals surface area contributed by atoms with E-state index >= 15 is 0 Å². The van der Waals surface area contributed by atoms with Gasteiger partial charge in [-0.15, -0.1) is 0 Å². The van der Waals surface area contributed by atoms with Gasteiger partial charge in [-0.2, -0.15) is 0 Å². The fourth-order valence-corrected chi connectivity index (χ4v) is 1.91. The van der Waals surface area contributed by atoms with Crippen LogP contribution in [0.15, 0.2) is 18.2 Å². The zero-order valence-electron chi connectivity index (χ0n) is 12.3. The van der Waals surface area contributed by atoms with Crippen molar-refractivity contribution in [2.24, 2.45) is 0 Å². The Balaban J connectivity index is 3.11. The van der Waals surface area contributed by atoms with E-state index in [-0.39, 0.29) is 24.2 Å². The molecular formula is C14H20N2O4. The number of carbonyl (C=O) groups excluding carboxylic acids is 1. The van der Waals surface area contributed by atoms with Gasteiger partial charge in [0.15, 0.2) is 0 Å². The molecule has 0 atom stereocenters. The van der Waals surface area contributed by atoms with Crippen LogP contribution in [0.5, 0.6) is 0 Å². The average Bonchev–Trinajstić information content (AvgIpc) is 2.36. The minimum atomic E-state index is -0.439. The standard InChI is InChI=1S/C14H20N2O4/c1-5-20-14(17)9-15(10(2)3)13-8-12(16(18)19)7-6-11(13)4/h6-8,10H,5,9H2,1-4H3. The van der Waals surface area contributed by atoms with Gasteiger partial charge < -0.3 is 9.64 Å². The van der Waals surface area contributed by atoms with Crippen LogP contribution < -0.4 is 4.90 Å². The summed E-state index contributed by atoms with van der Waals surface area (Å²) in [7, 11) is 0. The van der Waals surface area contributed by atoms with Gasteiger partial charge in [-0.25, -0.2) is 0 Å². The van der Waals surface area contributed by atoms with Crippen molar-refractivity contribution in [3.05, 3.63) is 33.9 Å². The monoisotopic (exact) mass is 280 g/mol. The summed E-state index contributed by atoms with van der Waals surface area (Å²) in [6, 6.07) is 4.67. The van der Waals surface area contributed by atoms with Crippen LogP contribution in [0.1, 0.15) is 26.3 Å². The Kier molecular flexibility index (Phi) is 5.49. The first kappa shape index (κ1) is 15.9. The molecule has 1 aromatic carbocycles. The Morgan fingerprint density at radius 2 is 2.10 bits per heavy atom. The normalized spacial score (nSPS) is 10.4. The number of nitro benzene ring substituents is 1. The summed E-state index contributed by atoms with van der Waals surface area (Å²) >= 11 is 0. The summed E-state index contributed by atoms with van der Waals surface area (Å²) < 4.78 is 4.95. The topological polar surface area (TPSA) is 72.7 Å². The number of hydrogen-bond donors (Lipinski definition) is 0. The highest BCUT2D eigenvalue weighted by molar-refractivity contribution is 5.77. The molecule has 0 aliphatic rings. The molecule has 6 nitrogen and oxygen atoms in total. The van der Waals surface area contributed by atoms with E-state index in [0.717, 1.165) is 5.56 Å². The lowest BCUT2D eigenvalue weighted by Crippen LogP contribution is -2.37. The first-order valence-electron chi connectivity index (χ1n) is 6.54. The van der Waals surface area contributed by atoms with E-state index in [1.807, 2.05) is 20.8 Å². The maximum absolute atomic E-state index is 11.7. The molecule has 0 aromatic heterocycles. The number of rotatable bonds is 6. The molecule has 6 heteroatoms. The third-order valence-corrected chi connectivity index (χ3v) is 2.94. The van der Waals surface area contributed by atoms with Crippen LogP contribution in [0.3, 0.4) is 0 Å². The number of nitro groups is 1. The number of ether oxygens (including phenoxy) is 1. The fraction of sp³-hybridized carbons (Fsp3) is 0.500. The number of hydrogen-bond acceptors (Lipinski definition) is 5. The van der Waals surface area contributed by atoms with Crippen molar-refractivity contribution in [2.75, 3.05) is 18.1 Å². The lowest BCUT2D eigenvalue weighted by Gasteiger charge is -2.29. The average molecular weight is 280 g/mol. The van der Waals surface area contributed by atoms with E-state index in [2.05, 4.69) is 0 Å². The van der Waals surface area contributed by atoms with Crippen molar-refractivity contribution in [3.63, 3.8) is 0 Å². The third-order valence-electron chi connectivity index (χ3n) is 2.94. The second kappa shape index (κ2) is 6.88. The molecule has 1 rings (SSSR count).